The van der Waals surface area contributed by atoms with Crippen molar-refractivity contribution in [3.8, 4) is 0 Å². The van der Waals surface area contributed by atoms with Crippen molar-refractivity contribution >= 4 is 26.5 Å². The maximum Gasteiger partial charge on any atom is 0.249 e. The van der Waals surface area contributed by atoms with Gasteiger partial charge in [0.25, 0.3) is 0 Å². The molecule has 1 saturated heterocycles. The molecule has 0 aromatic carbocycles. The molecule has 102 valence electrons. The molecular weight excluding hydrogens is 272 g/mol. The SMILES string of the molecule is Cc1nc(NCCC2CCCN2)sc1S(N)(=O)=O. The first kappa shape index (κ1) is 13.7. The van der Waals surface area contributed by atoms with E-state index in [2.05, 4.69) is 15.6 Å². The standard InChI is InChI=1S/C10H18N4O2S2/c1-7-9(18(11,15)16)17-10(14-7)13-6-4-8-3-2-5-12-8/h8,12H,2-6H2,1H3,(H,13,14)(H2,11,15,16). The molecule has 0 radical (unpaired) electrons. The van der Waals surface area contributed by atoms with Crippen LogP contribution < -0.4 is 15.8 Å². The maximum atomic E-state index is 11.3. The second-order valence-corrected chi connectivity index (χ2v) is 7.20. The van der Waals surface area contributed by atoms with E-state index < -0.39 is 10.0 Å². The molecule has 0 bridgehead atoms. The van der Waals surface area contributed by atoms with Crippen LogP contribution in [0.15, 0.2) is 4.21 Å². The number of hydrogen-bond acceptors (Lipinski definition) is 6. The summed E-state index contributed by atoms with van der Waals surface area (Å²) in [4.78, 5) is 4.17. The molecule has 1 aliphatic rings. The number of primary sulfonamides is 1. The van der Waals surface area contributed by atoms with Crippen molar-refractivity contribution in [3.63, 3.8) is 0 Å². The minimum atomic E-state index is -3.65. The molecule has 8 heteroatoms. The number of rotatable bonds is 5. The van der Waals surface area contributed by atoms with Gasteiger partial charge in [0.05, 0.1) is 5.69 Å². The number of sulfonamides is 1. The Morgan fingerprint density at radius 1 is 1.61 bits per heavy atom. The molecule has 6 nitrogen and oxygen atoms in total. The van der Waals surface area contributed by atoms with Gasteiger partial charge in [-0.05, 0) is 32.7 Å². The van der Waals surface area contributed by atoms with Crippen molar-refractivity contribution in [2.24, 2.45) is 5.14 Å². The van der Waals surface area contributed by atoms with Gasteiger partial charge in [-0.15, -0.1) is 0 Å². The smallest absolute Gasteiger partial charge is 0.249 e. The van der Waals surface area contributed by atoms with Crippen LogP contribution in [0.4, 0.5) is 5.13 Å². The summed E-state index contributed by atoms with van der Waals surface area (Å²) in [6.07, 6.45) is 3.46. The predicted molar refractivity (Wildman–Crippen MR) is 72.4 cm³/mol. The van der Waals surface area contributed by atoms with Gasteiger partial charge in [-0.2, -0.15) is 0 Å². The normalized spacial score (nSPS) is 20.2. The van der Waals surface area contributed by atoms with Crippen molar-refractivity contribution in [3.05, 3.63) is 5.69 Å². The molecule has 1 fully saturated rings. The first-order valence-corrected chi connectivity index (χ1v) is 8.30. The predicted octanol–water partition coefficient (Wildman–Crippen LogP) is 0.653. The highest BCUT2D eigenvalue weighted by atomic mass is 32.2. The topological polar surface area (TPSA) is 97.1 Å². The summed E-state index contributed by atoms with van der Waals surface area (Å²) in [7, 11) is -3.65. The summed E-state index contributed by atoms with van der Waals surface area (Å²) in [5.74, 6) is 0. The van der Waals surface area contributed by atoms with Gasteiger partial charge >= 0.3 is 0 Å². The van der Waals surface area contributed by atoms with E-state index >= 15 is 0 Å². The largest absolute Gasteiger partial charge is 0.361 e. The zero-order valence-corrected chi connectivity index (χ0v) is 11.9. The van der Waals surface area contributed by atoms with Crippen LogP contribution in [0.25, 0.3) is 0 Å². The van der Waals surface area contributed by atoms with Crippen molar-refractivity contribution in [2.75, 3.05) is 18.4 Å². The number of nitrogens with two attached hydrogens (primary N) is 1. The Morgan fingerprint density at radius 2 is 2.39 bits per heavy atom. The second-order valence-electron chi connectivity index (χ2n) is 4.45. The fourth-order valence-electron chi connectivity index (χ4n) is 2.08. The number of aromatic nitrogens is 1. The number of aryl methyl sites for hydroxylation is 1. The molecule has 0 aliphatic carbocycles. The second kappa shape index (κ2) is 5.52. The van der Waals surface area contributed by atoms with Gasteiger partial charge in [0.15, 0.2) is 9.34 Å². The van der Waals surface area contributed by atoms with Crippen LogP contribution in [-0.2, 0) is 10.0 Å². The van der Waals surface area contributed by atoms with E-state index in [0.717, 1.165) is 30.8 Å². The van der Waals surface area contributed by atoms with Crippen LogP contribution in [0.2, 0.25) is 0 Å². The lowest BCUT2D eigenvalue weighted by atomic mass is 10.2. The van der Waals surface area contributed by atoms with Crippen LogP contribution in [-0.4, -0.2) is 32.5 Å². The first-order chi connectivity index (χ1) is 8.47. The highest BCUT2D eigenvalue weighted by molar-refractivity contribution is 7.91. The van der Waals surface area contributed by atoms with Crippen LogP contribution >= 0.6 is 11.3 Å². The Labute approximate surface area is 111 Å². The summed E-state index contributed by atoms with van der Waals surface area (Å²) in [6, 6.07) is 0.566. The average molecular weight is 290 g/mol. The Hall–Kier alpha value is -0.700. The van der Waals surface area contributed by atoms with E-state index in [9.17, 15) is 8.42 Å². The van der Waals surface area contributed by atoms with Gasteiger partial charge in [-0.1, -0.05) is 11.3 Å². The molecule has 2 heterocycles. The maximum absolute atomic E-state index is 11.3. The van der Waals surface area contributed by atoms with Gasteiger partial charge in [0.2, 0.25) is 10.0 Å². The Balaban J connectivity index is 1.90. The number of thiazole rings is 1. The van der Waals surface area contributed by atoms with Crippen molar-refractivity contribution in [1.29, 1.82) is 0 Å². The van der Waals surface area contributed by atoms with Crippen LogP contribution in [0.3, 0.4) is 0 Å². The number of nitrogens with zero attached hydrogens (tertiary/aromatic N) is 1. The minimum absolute atomic E-state index is 0.143. The lowest BCUT2D eigenvalue weighted by Gasteiger charge is -2.09. The third-order valence-electron chi connectivity index (χ3n) is 2.94. The number of anilines is 1. The third-order valence-corrected chi connectivity index (χ3v) is 5.61. The molecule has 4 N–H and O–H groups in total. The first-order valence-electron chi connectivity index (χ1n) is 5.94. The van der Waals surface area contributed by atoms with E-state index in [4.69, 9.17) is 5.14 Å². The third kappa shape index (κ3) is 3.41. The Morgan fingerprint density at radius 3 is 2.94 bits per heavy atom. The zero-order valence-electron chi connectivity index (χ0n) is 10.3. The molecule has 2 rings (SSSR count). The van der Waals surface area contributed by atoms with Crippen molar-refractivity contribution in [2.45, 2.75) is 36.4 Å². The molecule has 1 atom stereocenters. The van der Waals surface area contributed by atoms with Gasteiger partial charge in [0.1, 0.15) is 0 Å². The quantitative estimate of drug-likeness (QED) is 0.740. The fraction of sp³-hybridized carbons (Fsp3) is 0.700. The molecule has 0 amide bonds. The van der Waals surface area contributed by atoms with E-state index in [1.165, 1.54) is 12.8 Å². The molecule has 18 heavy (non-hydrogen) atoms. The van der Waals surface area contributed by atoms with E-state index in [1.54, 1.807) is 6.92 Å². The number of hydrogen-bond donors (Lipinski definition) is 3. The monoisotopic (exact) mass is 290 g/mol. The molecule has 1 unspecified atom stereocenters. The lowest BCUT2D eigenvalue weighted by Crippen LogP contribution is -2.24. The van der Waals surface area contributed by atoms with Crippen LogP contribution in [0, 0.1) is 6.92 Å². The molecule has 0 spiro atoms. The highest BCUT2D eigenvalue weighted by Crippen LogP contribution is 2.25. The summed E-state index contributed by atoms with van der Waals surface area (Å²) in [6.45, 7) is 3.53. The number of nitrogens with one attached hydrogen (secondary N) is 2. The van der Waals surface area contributed by atoms with E-state index in [1.807, 2.05) is 0 Å². The van der Waals surface area contributed by atoms with Crippen molar-refractivity contribution < 1.29 is 8.42 Å². The molecular formula is C10H18N4O2S2. The Kier molecular flexibility index (Phi) is 4.21. The Bertz CT molecular complexity index is 506. The van der Waals surface area contributed by atoms with E-state index in [0.29, 0.717) is 16.9 Å². The molecule has 0 saturated carbocycles. The highest BCUT2D eigenvalue weighted by Gasteiger charge is 2.18. The summed E-state index contributed by atoms with van der Waals surface area (Å²) < 4.78 is 22.7. The summed E-state index contributed by atoms with van der Waals surface area (Å²) >= 11 is 1.09. The zero-order chi connectivity index (χ0) is 13.2. The van der Waals surface area contributed by atoms with E-state index in [-0.39, 0.29) is 4.21 Å². The van der Waals surface area contributed by atoms with Crippen LogP contribution in [0.1, 0.15) is 25.0 Å². The molecule has 1 aromatic rings. The van der Waals surface area contributed by atoms with Gasteiger partial charge < -0.3 is 10.6 Å². The molecule has 1 aromatic heterocycles. The van der Waals surface area contributed by atoms with Gasteiger partial charge in [-0.3, -0.25) is 0 Å². The summed E-state index contributed by atoms with van der Waals surface area (Å²) in [5, 5.41) is 12.3. The lowest BCUT2D eigenvalue weighted by molar-refractivity contribution is 0.574. The molecule has 1 aliphatic heterocycles. The summed E-state index contributed by atoms with van der Waals surface area (Å²) in [5.41, 5.74) is 0.462. The minimum Gasteiger partial charge on any atom is -0.361 e. The van der Waals surface area contributed by atoms with Crippen molar-refractivity contribution in [1.82, 2.24) is 10.3 Å². The van der Waals surface area contributed by atoms with Gasteiger partial charge in [-0.25, -0.2) is 18.5 Å². The fourth-order valence-corrected chi connectivity index (χ4v) is 3.96. The van der Waals surface area contributed by atoms with Crippen LogP contribution in [0.5, 0.6) is 0 Å². The average Bonchev–Trinajstić information content (AvgIpc) is 2.87. The van der Waals surface area contributed by atoms with Gasteiger partial charge in [0, 0.05) is 12.6 Å².